The monoisotopic (exact) mass is 280 g/mol. The molecule has 2 heterocycles. The maximum atomic E-state index is 12.5. The third-order valence-electron chi connectivity index (χ3n) is 3.54. The van der Waals surface area contributed by atoms with E-state index >= 15 is 0 Å². The topological polar surface area (TPSA) is 69.1 Å². The van der Waals surface area contributed by atoms with Crippen molar-refractivity contribution in [1.82, 2.24) is 4.98 Å². The second kappa shape index (κ2) is 4.74. The van der Waals surface area contributed by atoms with Crippen molar-refractivity contribution in [2.24, 2.45) is 0 Å². The van der Waals surface area contributed by atoms with E-state index in [1.807, 2.05) is 39.0 Å². The number of nitrogen functional groups attached to an aromatic ring is 1. The van der Waals surface area contributed by atoms with E-state index in [1.165, 1.54) is 0 Å². The summed E-state index contributed by atoms with van der Waals surface area (Å²) in [5.41, 5.74) is 10.3. The van der Waals surface area contributed by atoms with Gasteiger partial charge in [0.15, 0.2) is 0 Å². The molecule has 0 bridgehead atoms. The number of nitrogens with zero attached hydrogens (tertiary/aromatic N) is 1. The van der Waals surface area contributed by atoms with Crippen molar-refractivity contribution in [3.8, 4) is 0 Å². The number of nitrogens with two attached hydrogens (primary N) is 1. The summed E-state index contributed by atoms with van der Waals surface area (Å²) in [5.74, 6) is -0.0578. The lowest BCUT2D eigenvalue weighted by molar-refractivity contribution is 0.101. The van der Waals surface area contributed by atoms with Crippen molar-refractivity contribution in [2.45, 2.75) is 20.8 Å². The van der Waals surface area contributed by atoms with E-state index in [2.05, 4.69) is 4.98 Å². The number of carbonyl (C=O) groups excluding carboxylic acids is 1. The molecular formula is C17H16N2O2. The first-order valence-corrected chi connectivity index (χ1v) is 6.75. The van der Waals surface area contributed by atoms with Crippen molar-refractivity contribution in [1.29, 1.82) is 0 Å². The molecule has 4 heteroatoms. The quantitative estimate of drug-likeness (QED) is 0.729. The van der Waals surface area contributed by atoms with Gasteiger partial charge in [-0.3, -0.25) is 4.79 Å². The summed E-state index contributed by atoms with van der Waals surface area (Å²) in [5, 5.41) is 0.719. The van der Waals surface area contributed by atoms with Gasteiger partial charge >= 0.3 is 0 Å². The molecule has 4 nitrogen and oxygen atoms in total. The molecule has 21 heavy (non-hydrogen) atoms. The second-order valence-electron chi connectivity index (χ2n) is 5.30. The largest absolute Gasteiger partial charge is 0.432 e. The van der Waals surface area contributed by atoms with E-state index in [1.54, 1.807) is 12.1 Å². The molecule has 1 aromatic carbocycles. The number of furan rings is 1. The molecule has 0 saturated heterocycles. The van der Waals surface area contributed by atoms with Crippen LogP contribution in [-0.2, 0) is 0 Å². The summed E-state index contributed by atoms with van der Waals surface area (Å²) < 4.78 is 5.62. The van der Waals surface area contributed by atoms with Crippen LogP contribution in [0.1, 0.15) is 32.9 Å². The van der Waals surface area contributed by atoms with Crippen LogP contribution in [0.15, 0.2) is 34.7 Å². The Labute approximate surface area is 122 Å². The van der Waals surface area contributed by atoms with Crippen LogP contribution in [0.5, 0.6) is 0 Å². The van der Waals surface area contributed by atoms with Gasteiger partial charge in [0, 0.05) is 11.3 Å². The third-order valence-corrected chi connectivity index (χ3v) is 3.54. The number of anilines is 1. The minimum atomic E-state index is -0.220. The van der Waals surface area contributed by atoms with Crippen LogP contribution < -0.4 is 5.73 Å². The molecule has 0 aliphatic rings. The van der Waals surface area contributed by atoms with Crippen molar-refractivity contribution < 1.29 is 9.21 Å². The maximum Gasteiger partial charge on any atom is 0.230 e. The standard InChI is InChI=1S/C17H16N2O2/c1-9-4-6-12(7-5-9)15(20)16-14(18)13-10(2)8-11(3)19-17(13)21-16/h4-8H,18H2,1-3H3. The minimum absolute atomic E-state index is 0.162. The lowest BCUT2D eigenvalue weighted by atomic mass is 10.1. The van der Waals surface area contributed by atoms with E-state index in [-0.39, 0.29) is 11.5 Å². The van der Waals surface area contributed by atoms with E-state index in [4.69, 9.17) is 10.2 Å². The number of rotatable bonds is 2. The zero-order chi connectivity index (χ0) is 15.1. The Kier molecular flexibility index (Phi) is 3.01. The molecule has 0 spiro atoms. The van der Waals surface area contributed by atoms with Gasteiger partial charge in [0.1, 0.15) is 0 Å². The van der Waals surface area contributed by atoms with Gasteiger partial charge in [0.2, 0.25) is 17.3 Å². The van der Waals surface area contributed by atoms with E-state index in [9.17, 15) is 4.79 Å². The molecule has 0 radical (unpaired) electrons. The average molecular weight is 280 g/mol. The first kappa shape index (κ1) is 13.4. The van der Waals surface area contributed by atoms with Crippen molar-refractivity contribution in [3.63, 3.8) is 0 Å². The molecule has 0 saturated carbocycles. The van der Waals surface area contributed by atoms with Crippen LogP contribution >= 0.6 is 0 Å². The predicted molar refractivity (Wildman–Crippen MR) is 82.5 cm³/mol. The van der Waals surface area contributed by atoms with Gasteiger partial charge in [-0.1, -0.05) is 29.8 Å². The highest BCUT2D eigenvalue weighted by Crippen LogP contribution is 2.31. The summed E-state index contributed by atoms with van der Waals surface area (Å²) in [6, 6.07) is 9.25. The highest BCUT2D eigenvalue weighted by molar-refractivity contribution is 6.14. The van der Waals surface area contributed by atoms with Gasteiger partial charge in [-0.25, -0.2) is 4.98 Å². The molecular weight excluding hydrogens is 264 g/mol. The molecule has 2 N–H and O–H groups in total. The number of ketones is 1. The fourth-order valence-corrected chi connectivity index (χ4v) is 2.47. The first-order valence-electron chi connectivity index (χ1n) is 6.75. The molecule has 3 aromatic rings. The minimum Gasteiger partial charge on any atom is -0.432 e. The SMILES string of the molecule is Cc1ccc(C(=O)c2oc3nc(C)cc(C)c3c2N)cc1. The normalized spacial score (nSPS) is 11.0. The van der Waals surface area contributed by atoms with Crippen LogP contribution in [-0.4, -0.2) is 10.8 Å². The molecule has 0 aliphatic heterocycles. The Morgan fingerprint density at radius 3 is 2.48 bits per heavy atom. The number of aryl methyl sites for hydroxylation is 3. The molecule has 0 amide bonds. The van der Waals surface area contributed by atoms with E-state index < -0.39 is 0 Å². The Hall–Kier alpha value is -2.62. The van der Waals surface area contributed by atoms with Gasteiger partial charge in [-0.15, -0.1) is 0 Å². The second-order valence-corrected chi connectivity index (χ2v) is 5.30. The lowest BCUT2D eigenvalue weighted by Crippen LogP contribution is -2.03. The number of carbonyl (C=O) groups is 1. The van der Waals surface area contributed by atoms with Crippen molar-refractivity contribution in [3.05, 3.63) is 58.5 Å². The molecule has 0 aliphatic carbocycles. The van der Waals surface area contributed by atoms with Crippen LogP contribution in [0.4, 0.5) is 5.69 Å². The van der Waals surface area contributed by atoms with Crippen LogP contribution in [0.2, 0.25) is 0 Å². The summed E-state index contributed by atoms with van der Waals surface area (Å²) in [7, 11) is 0. The smallest absolute Gasteiger partial charge is 0.230 e. The lowest BCUT2D eigenvalue weighted by Gasteiger charge is -2.00. The van der Waals surface area contributed by atoms with Crippen molar-refractivity contribution in [2.75, 3.05) is 5.73 Å². The van der Waals surface area contributed by atoms with E-state index in [0.717, 1.165) is 22.2 Å². The number of fused-ring (bicyclic) bond motifs is 1. The highest BCUT2D eigenvalue weighted by atomic mass is 16.4. The molecule has 0 fully saturated rings. The van der Waals surface area contributed by atoms with E-state index in [0.29, 0.717) is 17.0 Å². The number of benzene rings is 1. The van der Waals surface area contributed by atoms with Gasteiger partial charge < -0.3 is 10.2 Å². The third kappa shape index (κ3) is 2.18. The fourth-order valence-electron chi connectivity index (χ4n) is 2.47. The maximum absolute atomic E-state index is 12.5. The fraction of sp³-hybridized carbons (Fsp3) is 0.176. The summed E-state index contributed by atoms with van der Waals surface area (Å²) in [6.07, 6.45) is 0. The number of aromatic nitrogens is 1. The van der Waals surface area contributed by atoms with Crippen LogP contribution in [0.3, 0.4) is 0 Å². The summed E-state index contributed by atoms with van der Waals surface area (Å²) >= 11 is 0. The number of hydrogen-bond acceptors (Lipinski definition) is 4. The number of pyridine rings is 1. The molecule has 3 rings (SSSR count). The Morgan fingerprint density at radius 2 is 1.81 bits per heavy atom. The molecule has 106 valence electrons. The molecule has 0 atom stereocenters. The summed E-state index contributed by atoms with van der Waals surface area (Å²) in [4.78, 5) is 16.9. The van der Waals surface area contributed by atoms with Gasteiger partial charge in [0.05, 0.1) is 11.1 Å². The van der Waals surface area contributed by atoms with Gasteiger partial charge in [0.25, 0.3) is 0 Å². The Bertz CT molecular complexity index is 845. The molecule has 2 aromatic heterocycles. The first-order chi connectivity index (χ1) is 9.97. The van der Waals surface area contributed by atoms with Gasteiger partial charge in [-0.2, -0.15) is 0 Å². The summed E-state index contributed by atoms with van der Waals surface area (Å²) in [6.45, 7) is 5.79. The molecule has 0 unspecified atom stereocenters. The van der Waals surface area contributed by atoms with Crippen LogP contribution in [0, 0.1) is 20.8 Å². The van der Waals surface area contributed by atoms with Crippen LogP contribution in [0.25, 0.3) is 11.1 Å². The zero-order valence-corrected chi connectivity index (χ0v) is 12.2. The van der Waals surface area contributed by atoms with Crippen molar-refractivity contribution >= 4 is 22.6 Å². The highest BCUT2D eigenvalue weighted by Gasteiger charge is 2.22. The number of hydrogen-bond donors (Lipinski definition) is 1. The Morgan fingerprint density at radius 1 is 1.14 bits per heavy atom. The van der Waals surface area contributed by atoms with Gasteiger partial charge in [-0.05, 0) is 32.4 Å². The zero-order valence-electron chi connectivity index (χ0n) is 12.2. The average Bonchev–Trinajstić information content (AvgIpc) is 2.76. The predicted octanol–water partition coefficient (Wildman–Crippen LogP) is 3.57. The Balaban J connectivity index is 2.16.